The van der Waals surface area contributed by atoms with Crippen molar-refractivity contribution < 1.29 is 33.8 Å². The number of ether oxygens (including phenoxy) is 2. The van der Waals surface area contributed by atoms with Crippen molar-refractivity contribution >= 4 is 34.8 Å². The van der Waals surface area contributed by atoms with E-state index < -0.39 is 23.2 Å². The number of carbonyl (C=O) groups excluding carboxylic acids is 3. The maximum Gasteiger partial charge on any atom is 0.333 e. The zero-order valence-electron chi connectivity index (χ0n) is 11.1. The van der Waals surface area contributed by atoms with Crippen LogP contribution in [0.15, 0.2) is 24.3 Å². The molecule has 8 heteroatoms. The Bertz CT molecular complexity index is 386. The topological polar surface area (TPSA) is 107 Å². The molecule has 0 aliphatic heterocycles. The van der Waals surface area contributed by atoms with Crippen LogP contribution in [0.25, 0.3) is 0 Å². The fourth-order valence-electron chi connectivity index (χ4n) is 0.783. The fourth-order valence-corrected chi connectivity index (χ4v) is 0.945. The van der Waals surface area contributed by atoms with Gasteiger partial charge in [0.15, 0.2) is 0 Å². The van der Waals surface area contributed by atoms with Crippen molar-refractivity contribution in [3.05, 3.63) is 24.3 Å². The van der Waals surface area contributed by atoms with E-state index in [1.807, 2.05) is 0 Å². The van der Waals surface area contributed by atoms with Crippen molar-refractivity contribution in [2.24, 2.45) is 0 Å². The summed E-state index contributed by atoms with van der Waals surface area (Å²) in [7, 11) is 2.39. The second-order valence-corrected chi connectivity index (χ2v) is 3.71. The van der Waals surface area contributed by atoms with Crippen LogP contribution in [0.1, 0.15) is 12.8 Å². The lowest BCUT2D eigenvalue weighted by Gasteiger charge is -1.97. The molecular weight excluding hydrogens is 292 g/mol. The smallest absolute Gasteiger partial charge is 0.333 e. The van der Waals surface area contributed by atoms with Gasteiger partial charge >= 0.3 is 17.9 Å². The third-order valence-corrected chi connectivity index (χ3v) is 1.80. The van der Waals surface area contributed by atoms with Gasteiger partial charge in [0, 0.05) is 11.1 Å². The summed E-state index contributed by atoms with van der Waals surface area (Å²) in [5, 5.41) is 7.54. The first-order valence-electron chi connectivity index (χ1n) is 5.08. The van der Waals surface area contributed by atoms with E-state index in [0.29, 0.717) is 0 Å². The highest BCUT2D eigenvalue weighted by Crippen LogP contribution is 2.02. The molecule has 0 fully saturated rings. The average molecular weight is 307 g/mol. The molecule has 1 N–H and O–H groups in total. The number of aliphatic carboxylic acids is 1. The zero-order valence-corrected chi connectivity index (χ0v) is 11.9. The Labute approximate surface area is 120 Å². The first kappa shape index (κ1) is 20.2. The fraction of sp³-hybridized carbons (Fsp3) is 0.333. The quantitative estimate of drug-likeness (QED) is 0.444. The molecule has 0 spiro atoms. The molecule has 112 valence electrons. The molecule has 0 aliphatic carbocycles. The molecule has 0 atom stereocenters. The Balaban J connectivity index is 0. The number of esters is 2. The van der Waals surface area contributed by atoms with Crippen LogP contribution in [0.4, 0.5) is 0 Å². The van der Waals surface area contributed by atoms with E-state index in [9.17, 15) is 19.2 Å². The third-order valence-electron chi connectivity index (χ3n) is 1.67. The highest BCUT2D eigenvalue weighted by Gasteiger charge is 2.10. The molecule has 0 aromatic rings. The minimum atomic E-state index is -1.09. The Morgan fingerprint density at radius 1 is 0.950 bits per heavy atom. The predicted octanol–water partition coefficient (Wildman–Crippen LogP) is 1.06. The largest absolute Gasteiger partial charge is 0.481 e. The van der Waals surface area contributed by atoms with Crippen molar-refractivity contribution in [3.8, 4) is 0 Å². The number of hydrogen-bond acceptors (Lipinski definition) is 6. The molecule has 0 bridgehead atoms. The van der Waals surface area contributed by atoms with Crippen molar-refractivity contribution in [1.29, 1.82) is 0 Å². The van der Waals surface area contributed by atoms with Crippen molar-refractivity contribution in [1.82, 2.24) is 0 Å². The molecular formula is C12H15ClO7. The summed E-state index contributed by atoms with van der Waals surface area (Å²) in [5.74, 6) is -2.37. The number of rotatable bonds is 6. The summed E-state index contributed by atoms with van der Waals surface area (Å²) in [4.78, 5) is 41.1. The van der Waals surface area contributed by atoms with Crippen molar-refractivity contribution in [2.75, 3.05) is 14.2 Å². The molecule has 0 unspecified atom stereocenters. The van der Waals surface area contributed by atoms with Crippen LogP contribution in [0, 0.1) is 0 Å². The van der Waals surface area contributed by atoms with E-state index in [0.717, 1.165) is 0 Å². The molecule has 20 heavy (non-hydrogen) atoms. The first-order valence-corrected chi connectivity index (χ1v) is 5.45. The summed E-state index contributed by atoms with van der Waals surface area (Å²) in [6.45, 7) is 6.50. The molecule has 0 heterocycles. The number of carboxylic acids is 1. The monoisotopic (exact) mass is 306 g/mol. The van der Waals surface area contributed by atoms with E-state index in [4.69, 9.17) is 16.7 Å². The molecule has 0 amide bonds. The van der Waals surface area contributed by atoms with Gasteiger partial charge in [0.05, 0.1) is 27.1 Å². The lowest BCUT2D eigenvalue weighted by molar-refractivity contribution is -0.141. The average Bonchev–Trinajstić information content (AvgIpc) is 2.35. The number of carboxylic acid groups (broad SMARTS) is 1. The summed E-state index contributed by atoms with van der Waals surface area (Å²) in [6.07, 6.45) is -0.527. The van der Waals surface area contributed by atoms with Crippen LogP contribution in [0.2, 0.25) is 0 Å². The molecule has 0 saturated carbocycles. The molecule has 0 rings (SSSR count). The highest BCUT2D eigenvalue weighted by atomic mass is 35.5. The van der Waals surface area contributed by atoms with E-state index in [2.05, 4.69) is 22.6 Å². The van der Waals surface area contributed by atoms with Gasteiger partial charge in [-0.2, -0.15) is 0 Å². The van der Waals surface area contributed by atoms with Crippen LogP contribution in [0.5, 0.6) is 0 Å². The maximum atomic E-state index is 10.5. The van der Waals surface area contributed by atoms with Crippen molar-refractivity contribution in [2.45, 2.75) is 12.8 Å². The van der Waals surface area contributed by atoms with Gasteiger partial charge in [-0.15, -0.1) is 0 Å². The van der Waals surface area contributed by atoms with Crippen LogP contribution in [0.3, 0.4) is 0 Å². The normalized spacial score (nSPS) is 8.55. The molecule has 0 aliphatic rings. The van der Waals surface area contributed by atoms with Crippen molar-refractivity contribution in [3.63, 3.8) is 0 Å². The Morgan fingerprint density at radius 2 is 1.30 bits per heavy atom. The minimum absolute atomic E-state index is 0.0463. The SMILES string of the molecule is C=C(CC(=O)Cl)C(=O)OC.C=C(CC(=O)O)C(=O)OC. The van der Waals surface area contributed by atoms with Crippen LogP contribution in [-0.2, 0) is 28.7 Å². The standard InChI is InChI=1S/C6H7ClO3.C6H8O4/c2*1-4(3-5(7)8)6(9)10-2/h1,3H2,2H3;1,3H2,2H3,(H,7,8). The molecule has 0 saturated heterocycles. The number of methoxy groups -OCH3 is 2. The first-order chi connectivity index (χ1) is 9.15. The lowest BCUT2D eigenvalue weighted by atomic mass is 10.2. The summed E-state index contributed by atoms with van der Waals surface area (Å²) < 4.78 is 8.47. The van der Waals surface area contributed by atoms with Crippen LogP contribution >= 0.6 is 11.6 Å². The second-order valence-electron chi connectivity index (χ2n) is 3.29. The van der Waals surface area contributed by atoms with Gasteiger partial charge in [-0.05, 0) is 11.6 Å². The number of halogens is 1. The predicted molar refractivity (Wildman–Crippen MR) is 70.0 cm³/mol. The summed E-state index contributed by atoms with van der Waals surface area (Å²) in [6, 6.07) is 0. The molecule has 0 aromatic heterocycles. The molecule has 0 aromatic carbocycles. The molecule has 0 radical (unpaired) electrons. The Kier molecular flexibility index (Phi) is 10.8. The minimum Gasteiger partial charge on any atom is -0.481 e. The van der Waals surface area contributed by atoms with Gasteiger partial charge in [0.2, 0.25) is 5.24 Å². The number of carbonyl (C=O) groups is 4. The Hall–Kier alpha value is -2.15. The van der Waals surface area contributed by atoms with Crippen LogP contribution in [-0.4, -0.2) is 42.5 Å². The van der Waals surface area contributed by atoms with Crippen LogP contribution < -0.4 is 0 Å². The van der Waals surface area contributed by atoms with E-state index in [-0.39, 0.29) is 24.0 Å². The lowest BCUT2D eigenvalue weighted by Crippen LogP contribution is -2.07. The molecule has 7 nitrogen and oxygen atoms in total. The van der Waals surface area contributed by atoms with Gasteiger partial charge in [-0.1, -0.05) is 13.2 Å². The second kappa shape index (κ2) is 10.7. The zero-order chi connectivity index (χ0) is 16.3. The third kappa shape index (κ3) is 11.0. The van der Waals surface area contributed by atoms with Gasteiger partial charge in [-0.3, -0.25) is 9.59 Å². The van der Waals surface area contributed by atoms with E-state index in [1.165, 1.54) is 14.2 Å². The van der Waals surface area contributed by atoms with Gasteiger partial charge in [0.25, 0.3) is 0 Å². The number of hydrogen-bond donors (Lipinski definition) is 1. The summed E-state index contributed by atoms with van der Waals surface area (Å²) >= 11 is 4.97. The van der Waals surface area contributed by atoms with Gasteiger partial charge in [0.1, 0.15) is 0 Å². The van der Waals surface area contributed by atoms with E-state index >= 15 is 0 Å². The van der Waals surface area contributed by atoms with Gasteiger partial charge in [-0.25, -0.2) is 9.59 Å². The summed E-state index contributed by atoms with van der Waals surface area (Å²) in [5.41, 5.74) is 0.0255. The maximum absolute atomic E-state index is 10.5. The van der Waals surface area contributed by atoms with E-state index in [1.54, 1.807) is 0 Å². The van der Waals surface area contributed by atoms with Gasteiger partial charge < -0.3 is 14.6 Å². The highest BCUT2D eigenvalue weighted by molar-refractivity contribution is 6.64. The Morgan fingerprint density at radius 3 is 1.55 bits per heavy atom.